The second kappa shape index (κ2) is 5.70. The minimum atomic E-state index is -0.208. The predicted octanol–water partition coefficient (Wildman–Crippen LogP) is 5.71. The maximum atomic E-state index is 6.25. The Morgan fingerprint density at radius 3 is 2.60 bits per heavy atom. The highest BCUT2D eigenvalue weighted by Gasteiger charge is 2.43. The molecule has 0 N–H and O–H groups in total. The number of benzene rings is 1. The van der Waals surface area contributed by atoms with Gasteiger partial charge in [-0.2, -0.15) is 0 Å². The first-order chi connectivity index (χ1) is 9.64. The monoisotopic (exact) mass is 373 g/mol. The normalized spacial score (nSPS) is 22.9. The smallest absolute Gasteiger partial charge is 0.224 e. The fraction of sp³-hybridized carbons (Fsp3) is 0.400. The Morgan fingerprint density at radius 2 is 1.95 bits per heavy atom. The van der Waals surface area contributed by atoms with Gasteiger partial charge in [0.1, 0.15) is 11.3 Å². The molecule has 3 rings (SSSR count). The van der Waals surface area contributed by atoms with E-state index in [1.165, 1.54) is 19.3 Å². The Hall–Kier alpha value is -0.510. The zero-order valence-electron chi connectivity index (χ0n) is 10.8. The molecule has 5 heteroatoms. The summed E-state index contributed by atoms with van der Waals surface area (Å²) in [6.45, 7) is 0. The largest absolute Gasteiger partial charge is 0.440 e. The molecule has 2 nitrogen and oxygen atoms in total. The molecule has 1 aliphatic heterocycles. The SMILES string of the molecule is Clc1ccc(C2=NC3(CCCCC3)/C(=C/Br)O2)c(Cl)c1. The van der Waals surface area contributed by atoms with Crippen molar-refractivity contribution in [2.75, 3.05) is 0 Å². The van der Waals surface area contributed by atoms with Crippen molar-refractivity contribution < 1.29 is 4.74 Å². The summed E-state index contributed by atoms with van der Waals surface area (Å²) in [6.07, 6.45) is 5.68. The lowest BCUT2D eigenvalue weighted by atomic mass is 9.81. The molecule has 1 aromatic rings. The van der Waals surface area contributed by atoms with E-state index in [2.05, 4.69) is 15.9 Å². The van der Waals surface area contributed by atoms with Crippen LogP contribution >= 0.6 is 39.1 Å². The molecule has 1 heterocycles. The van der Waals surface area contributed by atoms with E-state index in [0.717, 1.165) is 24.2 Å². The standard InChI is InChI=1S/C15H14BrCl2NO/c16-9-13-15(6-2-1-3-7-15)19-14(20-13)11-5-4-10(17)8-12(11)18/h4-5,8-9H,1-3,6-7H2/b13-9-. The average molecular weight is 375 g/mol. The zero-order chi connectivity index (χ0) is 14.2. The van der Waals surface area contributed by atoms with E-state index < -0.39 is 0 Å². The van der Waals surface area contributed by atoms with Crippen LogP contribution < -0.4 is 0 Å². The molecule has 0 aromatic heterocycles. The van der Waals surface area contributed by atoms with Crippen LogP contribution in [0.4, 0.5) is 0 Å². The maximum absolute atomic E-state index is 6.25. The summed E-state index contributed by atoms with van der Waals surface area (Å²) in [5, 5.41) is 1.18. The number of hydrogen-bond acceptors (Lipinski definition) is 2. The Kier molecular flexibility index (Phi) is 4.11. The molecule has 20 heavy (non-hydrogen) atoms. The molecule has 1 aromatic carbocycles. The van der Waals surface area contributed by atoms with Gasteiger partial charge in [-0.1, -0.05) is 58.4 Å². The number of halogens is 3. The van der Waals surface area contributed by atoms with Crippen LogP contribution in [-0.2, 0) is 4.74 Å². The van der Waals surface area contributed by atoms with E-state index in [-0.39, 0.29) is 5.54 Å². The minimum absolute atomic E-state index is 0.208. The van der Waals surface area contributed by atoms with Gasteiger partial charge in [0.15, 0.2) is 0 Å². The molecule has 0 saturated heterocycles. The van der Waals surface area contributed by atoms with Crippen LogP contribution in [0.5, 0.6) is 0 Å². The van der Waals surface area contributed by atoms with Gasteiger partial charge in [0.2, 0.25) is 5.90 Å². The molecule has 0 radical (unpaired) electrons. The van der Waals surface area contributed by atoms with Gasteiger partial charge >= 0.3 is 0 Å². The molecule has 0 unspecified atom stereocenters. The fourth-order valence-corrected chi connectivity index (χ4v) is 3.88. The number of nitrogens with zero attached hydrogens (tertiary/aromatic N) is 1. The highest BCUT2D eigenvalue weighted by atomic mass is 79.9. The van der Waals surface area contributed by atoms with Gasteiger partial charge in [0.05, 0.1) is 10.6 Å². The first-order valence-electron chi connectivity index (χ1n) is 6.69. The van der Waals surface area contributed by atoms with Crippen molar-refractivity contribution in [1.29, 1.82) is 0 Å². The zero-order valence-corrected chi connectivity index (χ0v) is 13.9. The van der Waals surface area contributed by atoms with Crippen LogP contribution in [0.15, 0.2) is 33.9 Å². The first-order valence-corrected chi connectivity index (χ1v) is 8.36. The average Bonchev–Trinajstić information content (AvgIpc) is 2.77. The lowest BCUT2D eigenvalue weighted by molar-refractivity contribution is 0.285. The van der Waals surface area contributed by atoms with E-state index in [1.54, 1.807) is 12.1 Å². The Balaban J connectivity index is 2.00. The third-order valence-electron chi connectivity index (χ3n) is 3.92. The van der Waals surface area contributed by atoms with Crippen molar-refractivity contribution in [1.82, 2.24) is 0 Å². The minimum Gasteiger partial charge on any atom is -0.440 e. The molecule has 0 amide bonds. The predicted molar refractivity (Wildman–Crippen MR) is 86.9 cm³/mol. The van der Waals surface area contributed by atoms with Crippen molar-refractivity contribution in [3.8, 4) is 0 Å². The summed E-state index contributed by atoms with van der Waals surface area (Å²) in [4.78, 5) is 6.71. The topological polar surface area (TPSA) is 21.6 Å². The molecule has 106 valence electrons. The molecular formula is C15H14BrCl2NO. The van der Waals surface area contributed by atoms with Gasteiger partial charge in [0.25, 0.3) is 0 Å². The second-order valence-electron chi connectivity index (χ2n) is 5.21. The summed E-state index contributed by atoms with van der Waals surface area (Å²) in [5.41, 5.74) is 0.588. The van der Waals surface area contributed by atoms with Crippen LogP contribution in [0, 0.1) is 0 Å². The van der Waals surface area contributed by atoms with E-state index >= 15 is 0 Å². The van der Waals surface area contributed by atoms with Crippen LogP contribution in [-0.4, -0.2) is 11.4 Å². The van der Waals surface area contributed by atoms with Crippen LogP contribution in [0.3, 0.4) is 0 Å². The molecule has 0 atom stereocenters. The van der Waals surface area contributed by atoms with E-state index in [9.17, 15) is 0 Å². The van der Waals surface area contributed by atoms with Crippen molar-refractivity contribution in [2.45, 2.75) is 37.6 Å². The van der Waals surface area contributed by atoms with Gasteiger partial charge in [-0.25, -0.2) is 4.99 Å². The Labute approximate surface area is 136 Å². The fourth-order valence-electron chi connectivity index (χ4n) is 2.87. The van der Waals surface area contributed by atoms with E-state index in [4.69, 9.17) is 32.9 Å². The third kappa shape index (κ3) is 2.51. The molecule has 1 fully saturated rings. The van der Waals surface area contributed by atoms with Gasteiger partial charge in [-0.3, -0.25) is 0 Å². The summed E-state index contributed by atoms with van der Waals surface area (Å²) in [7, 11) is 0. The number of aliphatic imine (C=N–C) groups is 1. The van der Waals surface area contributed by atoms with Crippen LogP contribution in [0.25, 0.3) is 0 Å². The van der Waals surface area contributed by atoms with Crippen molar-refractivity contribution in [3.05, 3.63) is 44.6 Å². The lowest BCUT2D eigenvalue weighted by Crippen LogP contribution is -2.29. The van der Waals surface area contributed by atoms with Crippen molar-refractivity contribution in [2.24, 2.45) is 4.99 Å². The summed E-state index contributed by atoms with van der Waals surface area (Å²) in [6, 6.07) is 5.38. The first kappa shape index (κ1) is 14.4. The molecule has 1 aliphatic carbocycles. The second-order valence-corrected chi connectivity index (χ2v) is 6.51. The molecule has 1 spiro atoms. The van der Waals surface area contributed by atoms with Gasteiger partial charge in [-0.05, 0) is 31.0 Å². The quantitative estimate of drug-likeness (QED) is 0.616. The summed E-state index contributed by atoms with van der Waals surface area (Å²) in [5.74, 6) is 1.48. The van der Waals surface area contributed by atoms with Crippen LogP contribution in [0.1, 0.15) is 37.7 Å². The van der Waals surface area contributed by atoms with Crippen LogP contribution in [0.2, 0.25) is 10.0 Å². The van der Waals surface area contributed by atoms with E-state index in [0.29, 0.717) is 15.9 Å². The molecule has 1 saturated carbocycles. The molecular weight excluding hydrogens is 361 g/mol. The third-order valence-corrected chi connectivity index (χ3v) is 4.89. The van der Waals surface area contributed by atoms with Crippen molar-refractivity contribution >= 4 is 45.0 Å². The maximum Gasteiger partial charge on any atom is 0.224 e. The highest BCUT2D eigenvalue weighted by molar-refractivity contribution is 9.11. The lowest BCUT2D eigenvalue weighted by Gasteiger charge is -2.29. The highest BCUT2D eigenvalue weighted by Crippen LogP contribution is 2.44. The molecule has 0 bridgehead atoms. The van der Waals surface area contributed by atoms with E-state index in [1.807, 2.05) is 11.1 Å². The van der Waals surface area contributed by atoms with Gasteiger partial charge < -0.3 is 4.74 Å². The summed E-state index contributed by atoms with van der Waals surface area (Å²) >= 11 is 15.6. The van der Waals surface area contributed by atoms with Gasteiger partial charge in [0, 0.05) is 10.0 Å². The molecule has 2 aliphatic rings. The number of ether oxygens (including phenoxy) is 1. The van der Waals surface area contributed by atoms with Crippen molar-refractivity contribution in [3.63, 3.8) is 0 Å². The Bertz CT molecular complexity index is 592. The number of rotatable bonds is 1. The number of hydrogen-bond donors (Lipinski definition) is 0. The van der Waals surface area contributed by atoms with Gasteiger partial charge in [-0.15, -0.1) is 0 Å². The summed E-state index contributed by atoms with van der Waals surface area (Å²) < 4.78 is 5.95. The Morgan fingerprint density at radius 1 is 1.20 bits per heavy atom.